The highest BCUT2D eigenvalue weighted by Crippen LogP contribution is 2.53. The second-order valence-electron chi connectivity index (χ2n) is 8.78. The summed E-state index contributed by atoms with van der Waals surface area (Å²) >= 11 is 6.16. The highest BCUT2D eigenvalue weighted by Gasteiger charge is 2.65. The van der Waals surface area contributed by atoms with Crippen LogP contribution in [0.5, 0.6) is 5.75 Å². The smallest absolute Gasteiger partial charge is 0.240 e. The van der Waals surface area contributed by atoms with E-state index in [2.05, 4.69) is 5.10 Å². The molecule has 0 bridgehead atoms. The summed E-state index contributed by atoms with van der Waals surface area (Å²) in [7, 11) is 1.55. The van der Waals surface area contributed by atoms with Gasteiger partial charge in [-0.1, -0.05) is 41.9 Å². The van der Waals surface area contributed by atoms with Gasteiger partial charge in [0.25, 0.3) is 0 Å². The topological polar surface area (TPSA) is 79.3 Å². The molecule has 3 aliphatic heterocycles. The lowest BCUT2D eigenvalue weighted by atomic mass is 9.83. The van der Waals surface area contributed by atoms with Gasteiger partial charge in [0.1, 0.15) is 11.8 Å². The Labute approximate surface area is 206 Å². The molecule has 0 radical (unpaired) electrons. The van der Waals surface area contributed by atoms with E-state index in [1.165, 1.54) is 4.90 Å². The lowest BCUT2D eigenvalue weighted by Gasteiger charge is -2.33. The van der Waals surface area contributed by atoms with E-state index in [-0.39, 0.29) is 11.7 Å². The lowest BCUT2D eigenvalue weighted by molar-refractivity contribution is -0.124. The summed E-state index contributed by atoms with van der Waals surface area (Å²) in [6.07, 6.45) is 1.69. The van der Waals surface area contributed by atoms with Crippen LogP contribution in [0.25, 0.3) is 0 Å². The zero-order chi connectivity index (χ0) is 24.3. The number of hydrogen-bond acceptors (Lipinski definition) is 6. The minimum Gasteiger partial charge on any atom is -0.497 e. The van der Waals surface area contributed by atoms with Gasteiger partial charge in [0.05, 0.1) is 36.9 Å². The number of benzene rings is 3. The number of carbonyl (C=O) groups is 3. The first kappa shape index (κ1) is 21.6. The van der Waals surface area contributed by atoms with Crippen molar-refractivity contribution in [1.82, 2.24) is 5.01 Å². The third kappa shape index (κ3) is 3.19. The Bertz CT molecular complexity index is 1400. The van der Waals surface area contributed by atoms with Crippen molar-refractivity contribution in [3.8, 4) is 5.75 Å². The Morgan fingerprint density at radius 1 is 0.943 bits per heavy atom. The van der Waals surface area contributed by atoms with Crippen molar-refractivity contribution in [2.24, 2.45) is 16.9 Å². The van der Waals surface area contributed by atoms with Crippen molar-refractivity contribution in [1.29, 1.82) is 0 Å². The van der Waals surface area contributed by atoms with Gasteiger partial charge in [-0.2, -0.15) is 5.10 Å². The van der Waals surface area contributed by atoms with Crippen molar-refractivity contribution in [3.63, 3.8) is 0 Å². The molecule has 2 amide bonds. The van der Waals surface area contributed by atoms with Gasteiger partial charge in [0.2, 0.25) is 11.8 Å². The maximum atomic E-state index is 13.8. The number of ketones is 1. The monoisotopic (exact) mass is 485 g/mol. The number of carbonyl (C=O) groups excluding carboxylic acids is 3. The molecule has 3 aromatic rings. The fraction of sp³-hybridized carbons (Fsp3) is 0.185. The SMILES string of the molecule is COc1ccc(C(=O)[C@H]2[C@H]3C(=O)N(c4cccc(Cl)c4)C(=O)[C@H]3[C@H]3c4ccccc4C=NN32)cc1. The Kier molecular flexibility index (Phi) is 4.96. The number of amides is 2. The van der Waals surface area contributed by atoms with Crippen LogP contribution in [0.2, 0.25) is 5.02 Å². The average molecular weight is 486 g/mol. The molecule has 0 N–H and O–H groups in total. The first-order valence-corrected chi connectivity index (χ1v) is 11.6. The van der Waals surface area contributed by atoms with Crippen molar-refractivity contribution in [2.45, 2.75) is 12.1 Å². The van der Waals surface area contributed by atoms with Crippen LogP contribution in [-0.2, 0) is 9.59 Å². The average Bonchev–Trinajstić information content (AvgIpc) is 3.36. The maximum absolute atomic E-state index is 13.8. The highest BCUT2D eigenvalue weighted by atomic mass is 35.5. The van der Waals surface area contributed by atoms with Crippen LogP contribution in [0.3, 0.4) is 0 Å². The molecule has 35 heavy (non-hydrogen) atoms. The van der Waals surface area contributed by atoms with E-state index in [0.717, 1.165) is 11.1 Å². The summed E-state index contributed by atoms with van der Waals surface area (Å²) in [6.45, 7) is 0. The fourth-order valence-corrected chi connectivity index (χ4v) is 5.65. The molecule has 6 rings (SSSR count). The van der Waals surface area contributed by atoms with E-state index < -0.39 is 29.8 Å². The van der Waals surface area contributed by atoms with Crippen LogP contribution in [-0.4, -0.2) is 42.0 Å². The van der Waals surface area contributed by atoms with Crippen LogP contribution >= 0.6 is 11.6 Å². The molecule has 174 valence electrons. The third-order valence-electron chi connectivity index (χ3n) is 7.00. The molecule has 2 fully saturated rings. The van der Waals surface area contributed by atoms with E-state index >= 15 is 0 Å². The van der Waals surface area contributed by atoms with Gasteiger partial charge in [0.15, 0.2) is 5.78 Å². The summed E-state index contributed by atoms with van der Waals surface area (Å²) in [5.74, 6) is -2.06. The normalized spacial score (nSPS) is 24.3. The molecule has 2 saturated heterocycles. The molecule has 0 unspecified atom stereocenters. The largest absolute Gasteiger partial charge is 0.497 e. The van der Waals surface area contributed by atoms with Crippen molar-refractivity contribution >= 4 is 41.1 Å². The molecule has 0 spiro atoms. The van der Waals surface area contributed by atoms with Crippen molar-refractivity contribution < 1.29 is 19.1 Å². The Balaban J connectivity index is 1.48. The standard InChI is InChI=1S/C27H20ClN3O4/c1-35-19-11-9-15(10-12-19)25(32)24-22-21(23-20-8-3-2-5-16(20)14-29-31(23)24)26(33)30(27(22)34)18-7-4-6-17(28)13-18/h2-14,21-24H,1H3/t21-,22+,23-,24-/m1/s1. The van der Waals surface area contributed by atoms with E-state index in [0.29, 0.717) is 22.0 Å². The highest BCUT2D eigenvalue weighted by molar-refractivity contribution is 6.31. The number of methoxy groups -OCH3 is 1. The van der Waals surface area contributed by atoms with Crippen molar-refractivity contribution in [3.05, 3.63) is 94.5 Å². The zero-order valence-corrected chi connectivity index (χ0v) is 19.4. The van der Waals surface area contributed by atoms with E-state index in [4.69, 9.17) is 16.3 Å². The third-order valence-corrected chi connectivity index (χ3v) is 7.24. The van der Waals surface area contributed by atoms with E-state index in [1.807, 2.05) is 24.3 Å². The van der Waals surface area contributed by atoms with E-state index in [1.54, 1.807) is 66.9 Å². The summed E-state index contributed by atoms with van der Waals surface area (Å²) in [4.78, 5) is 42.7. The number of rotatable bonds is 4. The number of hydrazone groups is 1. The molecule has 3 aliphatic rings. The summed E-state index contributed by atoms with van der Waals surface area (Å²) < 4.78 is 5.21. The minimum atomic E-state index is -0.927. The van der Waals surface area contributed by atoms with Gasteiger partial charge in [0, 0.05) is 10.6 Å². The molecule has 0 aromatic heterocycles. The fourth-order valence-electron chi connectivity index (χ4n) is 5.46. The van der Waals surface area contributed by atoms with Gasteiger partial charge < -0.3 is 4.74 Å². The van der Waals surface area contributed by atoms with Crippen molar-refractivity contribution in [2.75, 3.05) is 12.0 Å². The summed E-state index contributed by atoms with van der Waals surface area (Å²) in [5, 5.41) is 6.64. The molecule has 3 aromatic carbocycles. The van der Waals surface area contributed by atoms with Crippen LogP contribution in [0.4, 0.5) is 5.69 Å². The zero-order valence-electron chi connectivity index (χ0n) is 18.7. The number of fused-ring (bicyclic) bond motifs is 5. The first-order chi connectivity index (χ1) is 17.0. The molecule has 7 nitrogen and oxygen atoms in total. The number of hydrogen-bond donors (Lipinski definition) is 0. The van der Waals surface area contributed by atoms with Gasteiger partial charge in [-0.25, -0.2) is 4.90 Å². The van der Waals surface area contributed by atoms with Gasteiger partial charge >= 0.3 is 0 Å². The van der Waals surface area contributed by atoms with Crippen LogP contribution in [0.15, 0.2) is 77.9 Å². The van der Waals surface area contributed by atoms with E-state index in [9.17, 15) is 14.4 Å². The Hall–Kier alpha value is -3.97. The summed E-state index contributed by atoms with van der Waals surface area (Å²) in [5.41, 5.74) is 2.56. The Morgan fingerprint density at radius 2 is 1.69 bits per heavy atom. The minimum absolute atomic E-state index is 0.268. The number of imide groups is 1. The molecular formula is C27H20ClN3O4. The molecule has 4 atom stereocenters. The maximum Gasteiger partial charge on any atom is 0.240 e. The second kappa shape index (κ2) is 8.06. The quantitative estimate of drug-likeness (QED) is 0.410. The molecule has 0 aliphatic carbocycles. The number of anilines is 1. The number of nitrogens with zero attached hydrogens (tertiary/aromatic N) is 3. The second-order valence-corrected chi connectivity index (χ2v) is 9.22. The molecule has 0 saturated carbocycles. The number of ether oxygens (including phenoxy) is 1. The van der Waals surface area contributed by atoms with Crippen LogP contribution < -0.4 is 9.64 Å². The predicted molar refractivity (Wildman–Crippen MR) is 131 cm³/mol. The van der Waals surface area contributed by atoms with Crippen LogP contribution in [0.1, 0.15) is 27.5 Å². The summed E-state index contributed by atoms with van der Waals surface area (Å²) in [6, 6.07) is 19.5. The first-order valence-electron chi connectivity index (χ1n) is 11.2. The lowest BCUT2D eigenvalue weighted by Crippen LogP contribution is -2.44. The number of halogens is 1. The van der Waals surface area contributed by atoms with Gasteiger partial charge in [-0.05, 0) is 53.6 Å². The van der Waals surface area contributed by atoms with Gasteiger partial charge in [-0.15, -0.1) is 0 Å². The molecule has 3 heterocycles. The van der Waals surface area contributed by atoms with Crippen LogP contribution in [0, 0.1) is 11.8 Å². The van der Waals surface area contributed by atoms with Gasteiger partial charge in [-0.3, -0.25) is 19.4 Å². The molecule has 8 heteroatoms. The number of Topliss-reactive ketones (excluding diaryl/α,β-unsaturated/α-hetero) is 1. The predicted octanol–water partition coefficient (Wildman–Crippen LogP) is 4.11. The molecular weight excluding hydrogens is 466 g/mol. The Morgan fingerprint density at radius 3 is 2.43 bits per heavy atom.